The quantitative estimate of drug-likeness (QED) is 0.735. The van der Waals surface area contributed by atoms with E-state index in [9.17, 15) is 4.79 Å². The highest BCUT2D eigenvalue weighted by Crippen LogP contribution is 2.15. The van der Waals surface area contributed by atoms with Gasteiger partial charge in [0, 0.05) is 6.42 Å². The molecule has 0 N–H and O–H groups in total. The Morgan fingerprint density at radius 2 is 2.25 bits per heavy atom. The maximum absolute atomic E-state index is 11.4. The number of thioether (sulfide) groups is 1. The van der Waals surface area contributed by atoms with Crippen molar-refractivity contribution in [3.05, 3.63) is 11.7 Å². The fourth-order valence-corrected chi connectivity index (χ4v) is 1.80. The molecule has 0 saturated heterocycles. The Kier molecular flexibility index (Phi) is 5.52. The number of hydrogen-bond acceptors (Lipinski definition) is 5. The van der Waals surface area contributed by atoms with Crippen LogP contribution < -0.4 is 0 Å². The lowest BCUT2D eigenvalue weighted by Gasteiger charge is -1.99. The summed E-state index contributed by atoms with van der Waals surface area (Å²) in [7, 11) is 0. The van der Waals surface area contributed by atoms with E-state index < -0.39 is 0 Å². The third-order valence-corrected chi connectivity index (χ3v) is 3.02. The number of hydrogen-bond donors (Lipinski definition) is 0. The summed E-state index contributed by atoms with van der Waals surface area (Å²) in [6, 6.07) is 0. The summed E-state index contributed by atoms with van der Waals surface area (Å²) in [6.45, 7) is 6.23. The van der Waals surface area contributed by atoms with E-state index in [1.165, 1.54) is 0 Å². The second kappa shape index (κ2) is 6.68. The molecule has 1 aromatic heterocycles. The van der Waals surface area contributed by atoms with Crippen LogP contribution in [0.4, 0.5) is 0 Å². The molecule has 0 amide bonds. The largest absolute Gasteiger partial charge is 0.339 e. The van der Waals surface area contributed by atoms with Crippen LogP contribution >= 0.6 is 11.8 Å². The van der Waals surface area contributed by atoms with Crippen LogP contribution in [0.3, 0.4) is 0 Å². The fourth-order valence-electron chi connectivity index (χ4n) is 1.20. The highest BCUT2D eigenvalue weighted by Gasteiger charge is 2.10. The minimum atomic E-state index is 0.161. The first kappa shape index (κ1) is 13.2. The van der Waals surface area contributed by atoms with Gasteiger partial charge in [0.2, 0.25) is 5.89 Å². The van der Waals surface area contributed by atoms with E-state index in [4.69, 9.17) is 4.52 Å². The summed E-state index contributed by atoms with van der Waals surface area (Å²) in [5.74, 6) is 2.02. The Morgan fingerprint density at radius 3 is 2.88 bits per heavy atom. The SMILES string of the molecule is CCCC(=O)Cc1nc(CSC(C)C)no1. The average molecular weight is 242 g/mol. The molecule has 0 fully saturated rings. The summed E-state index contributed by atoms with van der Waals surface area (Å²) in [5.41, 5.74) is 0. The summed E-state index contributed by atoms with van der Waals surface area (Å²) in [4.78, 5) is 15.5. The van der Waals surface area contributed by atoms with Gasteiger partial charge in [0.25, 0.3) is 0 Å². The molecule has 0 radical (unpaired) electrons. The van der Waals surface area contributed by atoms with Crippen molar-refractivity contribution >= 4 is 17.5 Å². The van der Waals surface area contributed by atoms with Gasteiger partial charge >= 0.3 is 0 Å². The number of ketones is 1. The topological polar surface area (TPSA) is 56.0 Å². The second-order valence-electron chi connectivity index (χ2n) is 3.93. The summed E-state index contributed by atoms with van der Waals surface area (Å²) in [5, 5.41) is 4.39. The molecule has 0 unspecified atom stereocenters. The van der Waals surface area contributed by atoms with E-state index in [1.807, 2.05) is 6.92 Å². The Balaban J connectivity index is 2.42. The van der Waals surface area contributed by atoms with Crippen molar-refractivity contribution in [2.24, 2.45) is 0 Å². The van der Waals surface area contributed by atoms with Crippen LogP contribution in [0.25, 0.3) is 0 Å². The molecule has 16 heavy (non-hydrogen) atoms. The van der Waals surface area contributed by atoms with Gasteiger partial charge in [-0.2, -0.15) is 16.7 Å². The van der Waals surface area contributed by atoms with E-state index in [2.05, 4.69) is 24.0 Å². The van der Waals surface area contributed by atoms with E-state index in [-0.39, 0.29) is 12.2 Å². The molecule has 5 heteroatoms. The van der Waals surface area contributed by atoms with Crippen LogP contribution in [0.1, 0.15) is 45.3 Å². The average Bonchev–Trinajstić information content (AvgIpc) is 2.63. The zero-order chi connectivity index (χ0) is 12.0. The molecule has 0 aliphatic heterocycles. The molecule has 1 aromatic rings. The van der Waals surface area contributed by atoms with Gasteiger partial charge in [-0.05, 0) is 11.7 Å². The third kappa shape index (κ3) is 4.79. The summed E-state index contributed by atoms with van der Waals surface area (Å²) < 4.78 is 5.02. The zero-order valence-electron chi connectivity index (χ0n) is 10.0. The predicted molar refractivity (Wildman–Crippen MR) is 64.3 cm³/mol. The molecule has 1 heterocycles. The Hall–Kier alpha value is -0.840. The molecule has 4 nitrogen and oxygen atoms in total. The molecule has 1 rings (SSSR count). The molecule has 0 atom stereocenters. The molecule has 0 spiro atoms. The van der Waals surface area contributed by atoms with Gasteiger partial charge in [-0.15, -0.1) is 0 Å². The highest BCUT2D eigenvalue weighted by molar-refractivity contribution is 7.99. The molecule has 0 aliphatic carbocycles. The molecule has 0 bridgehead atoms. The lowest BCUT2D eigenvalue weighted by atomic mass is 10.2. The van der Waals surface area contributed by atoms with E-state index >= 15 is 0 Å². The summed E-state index contributed by atoms with van der Waals surface area (Å²) >= 11 is 1.76. The molecular formula is C11H18N2O2S. The first-order valence-corrected chi connectivity index (χ1v) is 6.61. The zero-order valence-corrected chi connectivity index (χ0v) is 10.8. The fraction of sp³-hybridized carbons (Fsp3) is 0.727. The molecular weight excluding hydrogens is 224 g/mol. The number of aromatic nitrogens is 2. The predicted octanol–water partition coefficient (Wildman–Crippen LogP) is 2.62. The van der Waals surface area contributed by atoms with Crippen LogP contribution in [-0.4, -0.2) is 21.2 Å². The van der Waals surface area contributed by atoms with Gasteiger partial charge in [-0.3, -0.25) is 4.79 Å². The van der Waals surface area contributed by atoms with Gasteiger partial charge in [-0.1, -0.05) is 25.9 Å². The maximum Gasteiger partial charge on any atom is 0.234 e. The van der Waals surface area contributed by atoms with Crippen LogP contribution in [0.5, 0.6) is 0 Å². The number of Topliss-reactive ketones (excluding diaryl/α,β-unsaturated/α-hetero) is 1. The monoisotopic (exact) mass is 242 g/mol. The minimum absolute atomic E-state index is 0.161. The smallest absolute Gasteiger partial charge is 0.234 e. The third-order valence-electron chi connectivity index (χ3n) is 1.93. The number of rotatable bonds is 7. The standard InChI is InChI=1S/C11H18N2O2S/c1-4-5-9(14)6-11-12-10(13-15-11)7-16-8(2)3/h8H,4-7H2,1-3H3. The van der Waals surface area contributed by atoms with Crippen LogP contribution in [0.2, 0.25) is 0 Å². The highest BCUT2D eigenvalue weighted by atomic mass is 32.2. The van der Waals surface area contributed by atoms with Crippen molar-refractivity contribution in [2.75, 3.05) is 0 Å². The first-order chi connectivity index (χ1) is 7.61. The van der Waals surface area contributed by atoms with Gasteiger partial charge in [0.15, 0.2) is 5.82 Å². The summed E-state index contributed by atoms with van der Waals surface area (Å²) in [6.07, 6.45) is 1.72. The van der Waals surface area contributed by atoms with Crippen LogP contribution in [-0.2, 0) is 17.0 Å². The Bertz CT molecular complexity index is 336. The van der Waals surface area contributed by atoms with Gasteiger partial charge in [0.05, 0.1) is 12.2 Å². The normalized spacial score (nSPS) is 11.0. The van der Waals surface area contributed by atoms with Crippen molar-refractivity contribution in [2.45, 2.75) is 51.0 Å². The van der Waals surface area contributed by atoms with E-state index in [0.717, 1.165) is 12.2 Å². The van der Waals surface area contributed by atoms with Crippen molar-refractivity contribution in [1.82, 2.24) is 10.1 Å². The van der Waals surface area contributed by atoms with Crippen LogP contribution in [0.15, 0.2) is 4.52 Å². The second-order valence-corrected chi connectivity index (χ2v) is 5.49. The maximum atomic E-state index is 11.4. The Morgan fingerprint density at radius 1 is 1.50 bits per heavy atom. The lowest BCUT2D eigenvalue weighted by molar-refractivity contribution is -0.118. The molecule has 0 aliphatic rings. The van der Waals surface area contributed by atoms with Gasteiger partial charge in [0.1, 0.15) is 5.78 Å². The lowest BCUT2D eigenvalue weighted by Crippen LogP contribution is -2.02. The molecule has 0 saturated carbocycles. The van der Waals surface area contributed by atoms with Gasteiger partial charge < -0.3 is 4.52 Å². The number of nitrogens with zero attached hydrogens (tertiary/aromatic N) is 2. The van der Waals surface area contributed by atoms with Crippen molar-refractivity contribution in [3.8, 4) is 0 Å². The van der Waals surface area contributed by atoms with Crippen LogP contribution in [0, 0.1) is 0 Å². The van der Waals surface area contributed by atoms with Crippen molar-refractivity contribution < 1.29 is 9.32 Å². The van der Waals surface area contributed by atoms with Crippen molar-refractivity contribution in [3.63, 3.8) is 0 Å². The first-order valence-electron chi connectivity index (χ1n) is 5.56. The van der Waals surface area contributed by atoms with Crippen molar-refractivity contribution in [1.29, 1.82) is 0 Å². The molecule has 0 aromatic carbocycles. The number of carbonyl (C=O) groups excluding carboxylic acids is 1. The van der Waals surface area contributed by atoms with E-state index in [0.29, 0.717) is 23.4 Å². The van der Waals surface area contributed by atoms with Gasteiger partial charge in [-0.25, -0.2) is 0 Å². The minimum Gasteiger partial charge on any atom is -0.339 e. The number of carbonyl (C=O) groups is 1. The Labute approximate surface area is 100 Å². The van der Waals surface area contributed by atoms with E-state index in [1.54, 1.807) is 11.8 Å². The molecule has 90 valence electrons.